The summed E-state index contributed by atoms with van der Waals surface area (Å²) in [7, 11) is 1.70. The predicted octanol–water partition coefficient (Wildman–Crippen LogP) is 3.49. The molecule has 1 unspecified atom stereocenters. The van der Waals surface area contributed by atoms with E-state index in [4.69, 9.17) is 9.47 Å². The number of hydroxylamine groups is 1. The number of fused-ring (bicyclic) bond motifs is 2. The predicted molar refractivity (Wildman–Crippen MR) is 143 cm³/mol. The summed E-state index contributed by atoms with van der Waals surface area (Å²) >= 11 is 0. The Labute approximate surface area is 215 Å². The molecule has 37 heavy (non-hydrogen) atoms. The number of H-pyrrole nitrogens is 1. The van der Waals surface area contributed by atoms with Crippen LogP contribution < -0.4 is 9.80 Å². The van der Waals surface area contributed by atoms with Gasteiger partial charge >= 0.3 is 5.91 Å². The Morgan fingerprint density at radius 3 is 2.70 bits per heavy atom. The van der Waals surface area contributed by atoms with E-state index in [1.54, 1.807) is 25.3 Å². The van der Waals surface area contributed by atoms with Crippen molar-refractivity contribution in [3.8, 4) is 5.75 Å². The van der Waals surface area contributed by atoms with E-state index in [0.29, 0.717) is 30.2 Å². The number of nitrogens with one attached hydrogen (secondary N) is 2. The molecule has 1 aliphatic heterocycles. The minimum absolute atomic E-state index is 0.376. The molecule has 8 heteroatoms. The number of nitrogens with zero attached hydrogens (tertiary/aromatic N) is 2. The number of aryl methyl sites for hydroxylation is 1. The SMILES string of the molecule is COCCN(CCOc1ccc2[nH]c(C3=Cc4ccccc4[NH+]([O-])C3=O)cc2c1)Cc1cccc(C)n1. The number of pyridine rings is 1. The number of quaternary nitrogens is 1. The van der Waals surface area contributed by atoms with Gasteiger partial charge in [-0.05, 0) is 55.5 Å². The highest BCUT2D eigenvalue weighted by atomic mass is 16.5. The van der Waals surface area contributed by atoms with Crippen molar-refractivity contribution in [3.05, 3.63) is 94.6 Å². The number of ether oxygens (including phenoxy) is 2. The lowest BCUT2D eigenvalue weighted by Crippen LogP contribution is -3.05. The van der Waals surface area contributed by atoms with Crippen molar-refractivity contribution < 1.29 is 19.3 Å². The molecule has 1 atom stereocenters. The maximum absolute atomic E-state index is 12.8. The van der Waals surface area contributed by atoms with Gasteiger partial charge in [-0.15, -0.1) is 0 Å². The molecule has 190 valence electrons. The molecule has 0 saturated heterocycles. The van der Waals surface area contributed by atoms with E-state index < -0.39 is 11.0 Å². The van der Waals surface area contributed by atoms with E-state index in [0.717, 1.165) is 53.2 Å². The fraction of sp³-hybridized carbons (Fsp3) is 0.241. The minimum Gasteiger partial charge on any atom is -0.621 e. The van der Waals surface area contributed by atoms with E-state index >= 15 is 0 Å². The highest BCUT2D eigenvalue weighted by molar-refractivity contribution is 6.23. The van der Waals surface area contributed by atoms with E-state index in [1.807, 2.05) is 61.5 Å². The van der Waals surface area contributed by atoms with Crippen molar-refractivity contribution in [1.29, 1.82) is 0 Å². The van der Waals surface area contributed by atoms with Gasteiger partial charge < -0.3 is 19.7 Å². The Morgan fingerprint density at radius 1 is 1.03 bits per heavy atom. The quantitative estimate of drug-likeness (QED) is 0.325. The van der Waals surface area contributed by atoms with Gasteiger partial charge in [-0.3, -0.25) is 14.9 Å². The van der Waals surface area contributed by atoms with E-state index in [1.165, 1.54) is 0 Å². The number of hydrogen-bond acceptors (Lipinski definition) is 6. The molecule has 1 amide bonds. The number of carbonyl (C=O) groups excluding carboxylic acids is 1. The highest BCUT2D eigenvalue weighted by Crippen LogP contribution is 2.29. The van der Waals surface area contributed by atoms with Gasteiger partial charge in [0.1, 0.15) is 23.6 Å². The second-order valence-corrected chi connectivity index (χ2v) is 9.12. The average Bonchev–Trinajstić information content (AvgIpc) is 3.32. The summed E-state index contributed by atoms with van der Waals surface area (Å²) in [6.07, 6.45) is 1.78. The Bertz CT molecular complexity index is 1440. The van der Waals surface area contributed by atoms with Crippen LogP contribution in [-0.4, -0.2) is 54.2 Å². The molecule has 3 heterocycles. The van der Waals surface area contributed by atoms with Crippen LogP contribution in [-0.2, 0) is 16.1 Å². The number of amides is 1. The van der Waals surface area contributed by atoms with Gasteiger partial charge in [0.05, 0.1) is 18.0 Å². The van der Waals surface area contributed by atoms with Crippen molar-refractivity contribution in [2.24, 2.45) is 0 Å². The van der Waals surface area contributed by atoms with Gasteiger partial charge in [0.25, 0.3) is 0 Å². The maximum Gasteiger partial charge on any atom is 0.351 e. The minimum atomic E-state index is -0.499. The lowest BCUT2D eigenvalue weighted by Gasteiger charge is -2.25. The van der Waals surface area contributed by atoms with Crippen molar-refractivity contribution in [1.82, 2.24) is 14.9 Å². The summed E-state index contributed by atoms with van der Waals surface area (Å²) in [6, 6.07) is 20.9. The molecule has 0 radical (unpaired) electrons. The third-order valence-electron chi connectivity index (χ3n) is 6.46. The van der Waals surface area contributed by atoms with Gasteiger partial charge in [0.15, 0.2) is 0 Å². The molecular weight excluding hydrogens is 468 g/mol. The number of aromatic nitrogens is 2. The largest absolute Gasteiger partial charge is 0.621 e. The third-order valence-corrected chi connectivity index (χ3v) is 6.46. The molecule has 1 aliphatic rings. The Morgan fingerprint density at radius 2 is 1.86 bits per heavy atom. The standard InChI is InChI=1S/C29H30N4O4/c1-20-6-5-8-23(30-20)19-32(12-14-36-2)13-15-37-24-10-11-26-22(16-24)18-27(31-26)25-17-21-7-3-4-9-28(21)33(35)29(25)34/h3-11,16-18,31,33H,12-15,19H2,1-2H3. The van der Waals surface area contributed by atoms with Gasteiger partial charge in [0.2, 0.25) is 0 Å². The summed E-state index contributed by atoms with van der Waals surface area (Å²) < 4.78 is 11.3. The lowest BCUT2D eigenvalue weighted by molar-refractivity contribution is -0.685. The second kappa shape index (κ2) is 11.1. The number of rotatable bonds is 10. The molecule has 0 saturated carbocycles. The topological polar surface area (TPSA) is 95.0 Å². The smallest absolute Gasteiger partial charge is 0.351 e. The Kier molecular flexibility index (Phi) is 7.43. The van der Waals surface area contributed by atoms with E-state index in [-0.39, 0.29) is 0 Å². The average molecular weight is 499 g/mol. The molecule has 0 fully saturated rings. The van der Waals surface area contributed by atoms with Gasteiger partial charge in [-0.2, -0.15) is 0 Å². The molecule has 2 N–H and O–H groups in total. The third kappa shape index (κ3) is 5.63. The van der Waals surface area contributed by atoms with Crippen LogP contribution in [0, 0.1) is 12.1 Å². The zero-order valence-electron chi connectivity index (χ0n) is 21.0. The van der Waals surface area contributed by atoms with E-state index in [9.17, 15) is 10.0 Å². The fourth-order valence-corrected chi connectivity index (χ4v) is 4.54. The Hall–Kier alpha value is -3.82. The molecule has 2 aromatic carbocycles. The number of para-hydroxylation sites is 1. The van der Waals surface area contributed by atoms with Crippen LogP contribution in [0.5, 0.6) is 5.75 Å². The van der Waals surface area contributed by atoms with Crippen molar-refractivity contribution in [2.45, 2.75) is 13.5 Å². The normalized spacial score (nSPS) is 15.2. The van der Waals surface area contributed by atoms with Crippen LogP contribution in [0.4, 0.5) is 5.69 Å². The number of hydrogen-bond donors (Lipinski definition) is 2. The summed E-state index contributed by atoms with van der Waals surface area (Å²) in [5.41, 5.74) is 5.08. The maximum atomic E-state index is 12.8. The van der Waals surface area contributed by atoms with Crippen molar-refractivity contribution in [3.63, 3.8) is 0 Å². The first kappa shape index (κ1) is 24.9. The van der Waals surface area contributed by atoms with Crippen LogP contribution in [0.15, 0.2) is 66.7 Å². The molecule has 0 bridgehead atoms. The molecular formula is C29H30N4O4. The molecule has 2 aromatic heterocycles. The van der Waals surface area contributed by atoms with Crippen LogP contribution in [0.3, 0.4) is 0 Å². The van der Waals surface area contributed by atoms with Gasteiger partial charge in [-0.25, -0.2) is 4.79 Å². The number of benzene rings is 2. The summed E-state index contributed by atoms with van der Waals surface area (Å²) in [6.45, 7) is 5.35. The van der Waals surface area contributed by atoms with Crippen LogP contribution in [0.25, 0.3) is 22.6 Å². The molecule has 0 aliphatic carbocycles. The first-order valence-electron chi connectivity index (χ1n) is 12.3. The molecule has 5 rings (SSSR count). The summed E-state index contributed by atoms with van der Waals surface area (Å²) in [5, 5.41) is 13.0. The van der Waals surface area contributed by atoms with E-state index in [2.05, 4.69) is 14.9 Å². The number of methoxy groups -OCH3 is 1. The summed E-state index contributed by atoms with van der Waals surface area (Å²) in [4.78, 5) is 22.9. The summed E-state index contributed by atoms with van der Waals surface area (Å²) in [5.74, 6) is 0.241. The monoisotopic (exact) mass is 498 g/mol. The lowest BCUT2D eigenvalue weighted by atomic mass is 10.0. The first-order chi connectivity index (χ1) is 18.0. The Balaban J connectivity index is 1.28. The van der Waals surface area contributed by atoms with Crippen molar-refractivity contribution in [2.75, 3.05) is 33.4 Å². The molecule has 4 aromatic rings. The fourth-order valence-electron chi connectivity index (χ4n) is 4.54. The second-order valence-electron chi connectivity index (χ2n) is 9.12. The molecule has 0 spiro atoms. The number of aromatic amines is 1. The van der Waals surface area contributed by atoms with Gasteiger partial charge in [-0.1, -0.05) is 18.2 Å². The van der Waals surface area contributed by atoms with Crippen molar-refractivity contribution >= 4 is 34.1 Å². The van der Waals surface area contributed by atoms with Gasteiger partial charge in [0, 0.05) is 55.0 Å². The zero-order chi connectivity index (χ0) is 25.8. The van der Waals surface area contributed by atoms with Crippen LogP contribution >= 0.6 is 0 Å². The van der Waals surface area contributed by atoms with Crippen LogP contribution in [0.2, 0.25) is 0 Å². The highest BCUT2D eigenvalue weighted by Gasteiger charge is 2.28. The molecule has 8 nitrogen and oxygen atoms in total. The van der Waals surface area contributed by atoms with Crippen LogP contribution in [0.1, 0.15) is 22.6 Å². The first-order valence-corrected chi connectivity index (χ1v) is 12.3. The number of carbonyl (C=O) groups is 1. The zero-order valence-corrected chi connectivity index (χ0v) is 21.0.